The van der Waals surface area contributed by atoms with Crippen molar-refractivity contribution in [1.82, 2.24) is 19.7 Å². The van der Waals surface area contributed by atoms with E-state index in [-0.39, 0.29) is 23.8 Å². The highest BCUT2D eigenvalue weighted by Crippen LogP contribution is 2.24. The number of amides is 1. The Hall–Kier alpha value is -3.39. The molecule has 0 radical (unpaired) electrons. The van der Waals surface area contributed by atoms with E-state index in [1.54, 1.807) is 30.0 Å². The number of carbonyl (C=O) groups is 1. The molecule has 1 aliphatic heterocycles. The Morgan fingerprint density at radius 1 is 1.16 bits per heavy atom. The maximum absolute atomic E-state index is 14.1. The molecule has 0 unspecified atom stereocenters. The van der Waals surface area contributed by atoms with E-state index in [4.69, 9.17) is 4.74 Å². The number of hydrogen-bond donors (Lipinski definition) is 0. The smallest absolute Gasteiger partial charge is 0.267 e. The van der Waals surface area contributed by atoms with Crippen LogP contribution in [0.2, 0.25) is 0 Å². The summed E-state index contributed by atoms with van der Waals surface area (Å²) in [5.41, 5.74) is 3.41. The number of morpholine rings is 1. The summed E-state index contributed by atoms with van der Waals surface area (Å²) >= 11 is 0. The molecule has 0 aliphatic carbocycles. The molecule has 1 aromatic carbocycles. The second-order valence-electron chi connectivity index (χ2n) is 7.98. The van der Waals surface area contributed by atoms with E-state index >= 15 is 0 Å². The van der Waals surface area contributed by atoms with Gasteiger partial charge in [0.1, 0.15) is 18.5 Å². The number of halogens is 1. The summed E-state index contributed by atoms with van der Waals surface area (Å²) in [6.07, 6.45) is 0.0505. The summed E-state index contributed by atoms with van der Waals surface area (Å²) in [7, 11) is 0. The van der Waals surface area contributed by atoms with Crippen molar-refractivity contribution in [3.63, 3.8) is 0 Å². The zero-order valence-electron chi connectivity index (χ0n) is 18.1. The molecular formula is C24H25FN4O3. The predicted molar refractivity (Wildman–Crippen MR) is 117 cm³/mol. The quantitative estimate of drug-likeness (QED) is 0.615. The zero-order valence-corrected chi connectivity index (χ0v) is 18.1. The molecule has 1 fully saturated rings. The summed E-state index contributed by atoms with van der Waals surface area (Å²) in [6.45, 7) is 4.67. The molecule has 3 aromatic rings. The van der Waals surface area contributed by atoms with Crippen molar-refractivity contribution in [3.05, 3.63) is 92.9 Å². The van der Waals surface area contributed by atoms with Crippen molar-refractivity contribution < 1.29 is 13.9 Å². The highest BCUT2D eigenvalue weighted by Gasteiger charge is 2.27. The van der Waals surface area contributed by atoms with Gasteiger partial charge in [-0.15, -0.1) is 0 Å². The van der Waals surface area contributed by atoms with Crippen molar-refractivity contribution in [3.8, 4) is 0 Å². The minimum absolute atomic E-state index is 0.118. The summed E-state index contributed by atoms with van der Waals surface area (Å²) in [4.78, 5) is 31.1. The maximum atomic E-state index is 14.1. The van der Waals surface area contributed by atoms with Gasteiger partial charge in [-0.1, -0.05) is 18.2 Å². The van der Waals surface area contributed by atoms with Gasteiger partial charge < -0.3 is 9.64 Å². The third kappa shape index (κ3) is 5.08. The standard InChI is InChI=1S/C24H25FN4O3/c1-16-7-8-23(30)29(27-16)15-24(31)28-9-10-32-22(14-28)21-13-18(11-17(2)26-21)12-19-5-3-4-6-20(19)25/h3-8,11,13,22H,9-10,12,14-15H2,1-2H3/t22-/m1/s1. The number of benzene rings is 1. The second-order valence-corrected chi connectivity index (χ2v) is 7.98. The Labute approximate surface area is 185 Å². The van der Waals surface area contributed by atoms with E-state index in [2.05, 4.69) is 10.1 Å². The normalized spacial score (nSPS) is 16.2. The minimum atomic E-state index is -0.394. The van der Waals surface area contributed by atoms with Crippen LogP contribution in [0.3, 0.4) is 0 Å². The molecule has 1 amide bonds. The van der Waals surface area contributed by atoms with E-state index in [0.717, 1.165) is 11.3 Å². The van der Waals surface area contributed by atoms with Crippen LogP contribution in [0.1, 0.15) is 34.3 Å². The van der Waals surface area contributed by atoms with Crippen LogP contribution in [0.15, 0.2) is 53.3 Å². The monoisotopic (exact) mass is 436 g/mol. The fraction of sp³-hybridized carbons (Fsp3) is 0.333. The molecule has 2 aromatic heterocycles. The van der Waals surface area contributed by atoms with E-state index in [9.17, 15) is 14.0 Å². The molecule has 1 atom stereocenters. The zero-order chi connectivity index (χ0) is 22.7. The first-order chi connectivity index (χ1) is 15.4. The lowest BCUT2D eigenvalue weighted by molar-refractivity contribution is -0.140. The molecule has 0 saturated carbocycles. The molecule has 0 N–H and O–H groups in total. The van der Waals surface area contributed by atoms with Gasteiger partial charge in [0, 0.05) is 24.7 Å². The summed E-state index contributed by atoms with van der Waals surface area (Å²) in [5.74, 6) is -0.438. The first kappa shape index (κ1) is 21.8. The molecule has 1 aliphatic rings. The third-order valence-corrected chi connectivity index (χ3v) is 5.42. The molecule has 8 heteroatoms. The SMILES string of the molecule is Cc1cc(Cc2ccccc2F)cc([C@H]2CN(C(=O)Cn3nc(C)ccc3=O)CCO2)n1. The van der Waals surface area contributed by atoms with Crippen molar-refractivity contribution in [1.29, 1.82) is 0 Å². The number of aryl methyl sites for hydroxylation is 2. The van der Waals surface area contributed by atoms with Crippen LogP contribution < -0.4 is 5.56 Å². The Kier molecular flexibility index (Phi) is 6.41. The first-order valence-corrected chi connectivity index (χ1v) is 10.5. The first-order valence-electron chi connectivity index (χ1n) is 10.5. The van der Waals surface area contributed by atoms with E-state index < -0.39 is 6.10 Å². The molecule has 1 saturated heterocycles. The average Bonchev–Trinajstić information content (AvgIpc) is 2.77. The molecule has 3 heterocycles. The lowest BCUT2D eigenvalue weighted by atomic mass is 10.0. The van der Waals surface area contributed by atoms with Crippen LogP contribution in [-0.4, -0.2) is 45.3 Å². The van der Waals surface area contributed by atoms with Crippen LogP contribution >= 0.6 is 0 Å². The molecular weight excluding hydrogens is 411 g/mol. The fourth-order valence-electron chi connectivity index (χ4n) is 3.84. The number of hydrogen-bond acceptors (Lipinski definition) is 5. The third-order valence-electron chi connectivity index (χ3n) is 5.42. The Balaban J connectivity index is 1.50. The number of ether oxygens (including phenoxy) is 1. The van der Waals surface area contributed by atoms with Crippen molar-refractivity contribution >= 4 is 5.91 Å². The van der Waals surface area contributed by atoms with E-state index in [0.29, 0.717) is 43.1 Å². The lowest BCUT2D eigenvalue weighted by Gasteiger charge is -2.33. The molecule has 7 nitrogen and oxygen atoms in total. The van der Waals surface area contributed by atoms with Gasteiger partial charge in [0.15, 0.2) is 0 Å². The van der Waals surface area contributed by atoms with Crippen LogP contribution in [0.4, 0.5) is 4.39 Å². The Bertz CT molecular complexity index is 1190. The molecule has 166 valence electrons. The van der Waals surface area contributed by atoms with Gasteiger partial charge in [0.2, 0.25) is 5.91 Å². The van der Waals surface area contributed by atoms with Gasteiger partial charge in [-0.05, 0) is 49.2 Å². The van der Waals surface area contributed by atoms with E-state index in [1.807, 2.05) is 25.1 Å². The fourth-order valence-corrected chi connectivity index (χ4v) is 3.84. The number of nitrogens with zero attached hydrogens (tertiary/aromatic N) is 4. The van der Waals surface area contributed by atoms with Crippen LogP contribution in [0.25, 0.3) is 0 Å². The Morgan fingerprint density at radius 2 is 1.97 bits per heavy atom. The number of aromatic nitrogens is 3. The maximum Gasteiger partial charge on any atom is 0.267 e. The number of pyridine rings is 1. The van der Waals surface area contributed by atoms with Gasteiger partial charge in [-0.3, -0.25) is 14.6 Å². The van der Waals surface area contributed by atoms with Gasteiger partial charge in [0.25, 0.3) is 5.56 Å². The summed E-state index contributed by atoms with van der Waals surface area (Å²) in [5, 5.41) is 4.14. The van der Waals surface area contributed by atoms with Crippen LogP contribution in [0, 0.1) is 19.7 Å². The Morgan fingerprint density at radius 3 is 2.78 bits per heavy atom. The van der Waals surface area contributed by atoms with Crippen LogP contribution in [-0.2, 0) is 22.5 Å². The summed E-state index contributed by atoms with van der Waals surface area (Å²) < 4.78 is 21.2. The molecule has 32 heavy (non-hydrogen) atoms. The van der Waals surface area contributed by atoms with Crippen LogP contribution in [0.5, 0.6) is 0 Å². The van der Waals surface area contributed by atoms with Gasteiger partial charge in [-0.2, -0.15) is 5.10 Å². The van der Waals surface area contributed by atoms with Crippen molar-refractivity contribution in [2.24, 2.45) is 0 Å². The highest BCUT2D eigenvalue weighted by atomic mass is 19.1. The predicted octanol–water partition coefficient (Wildman–Crippen LogP) is 2.59. The second kappa shape index (κ2) is 9.40. The van der Waals surface area contributed by atoms with E-state index in [1.165, 1.54) is 16.8 Å². The lowest BCUT2D eigenvalue weighted by Crippen LogP contribution is -2.45. The largest absolute Gasteiger partial charge is 0.368 e. The number of carbonyl (C=O) groups excluding carboxylic acids is 1. The highest BCUT2D eigenvalue weighted by molar-refractivity contribution is 5.76. The molecule has 4 rings (SSSR count). The molecule has 0 bridgehead atoms. The summed E-state index contributed by atoms with van der Waals surface area (Å²) in [6, 6.07) is 13.6. The molecule has 0 spiro atoms. The van der Waals surface area contributed by atoms with Gasteiger partial charge in [-0.25, -0.2) is 9.07 Å². The van der Waals surface area contributed by atoms with Gasteiger partial charge >= 0.3 is 0 Å². The number of rotatable bonds is 5. The van der Waals surface area contributed by atoms with Gasteiger partial charge in [0.05, 0.1) is 24.5 Å². The average molecular weight is 436 g/mol. The topological polar surface area (TPSA) is 77.3 Å². The minimum Gasteiger partial charge on any atom is -0.368 e. The van der Waals surface area contributed by atoms with Crippen molar-refractivity contribution in [2.75, 3.05) is 19.7 Å². The van der Waals surface area contributed by atoms with Crippen molar-refractivity contribution in [2.45, 2.75) is 32.9 Å².